The Morgan fingerprint density at radius 3 is 3.00 bits per heavy atom. The molecule has 0 saturated carbocycles. The van der Waals surface area contributed by atoms with Gasteiger partial charge in [-0.3, -0.25) is 4.79 Å². The Morgan fingerprint density at radius 1 is 1.27 bits per heavy atom. The van der Waals surface area contributed by atoms with Gasteiger partial charge in [0.15, 0.2) is 0 Å². The Balaban J connectivity index is 1.51. The minimum absolute atomic E-state index is 0.0249. The molecule has 22 heavy (non-hydrogen) atoms. The minimum Gasteiger partial charge on any atom is -0.469 e. The lowest BCUT2D eigenvalue weighted by Crippen LogP contribution is -2.28. The topological polar surface area (TPSA) is 47.2 Å². The summed E-state index contributed by atoms with van der Waals surface area (Å²) in [6.07, 6.45) is 5.33. The molecule has 0 spiro atoms. The predicted molar refractivity (Wildman–Crippen MR) is 89.7 cm³/mol. The van der Waals surface area contributed by atoms with Crippen molar-refractivity contribution in [3.63, 3.8) is 0 Å². The minimum atomic E-state index is 0.0249. The average molecular weight is 361 g/mol. The number of halogens is 1. The molecule has 0 aliphatic rings. The smallest absolute Gasteiger partial charge is 0.239 e. The second-order valence-corrected chi connectivity index (χ2v) is 6.10. The SMILES string of the molecule is O=C(Cn1ccc2ccc(Br)cc21)NCCCc1ccco1. The van der Waals surface area contributed by atoms with Crippen molar-refractivity contribution < 1.29 is 9.21 Å². The van der Waals surface area contributed by atoms with Crippen LogP contribution in [0.1, 0.15) is 12.2 Å². The van der Waals surface area contributed by atoms with Crippen LogP contribution in [0.3, 0.4) is 0 Å². The lowest BCUT2D eigenvalue weighted by molar-refractivity contribution is -0.121. The molecule has 0 atom stereocenters. The largest absolute Gasteiger partial charge is 0.469 e. The van der Waals surface area contributed by atoms with Crippen LogP contribution in [0.5, 0.6) is 0 Å². The van der Waals surface area contributed by atoms with Gasteiger partial charge in [0.25, 0.3) is 0 Å². The number of hydrogen-bond donors (Lipinski definition) is 1. The molecular formula is C17H17BrN2O2. The Bertz CT molecular complexity index is 762. The molecule has 2 aromatic heterocycles. The summed E-state index contributed by atoms with van der Waals surface area (Å²) in [5.74, 6) is 0.979. The second-order valence-electron chi connectivity index (χ2n) is 5.18. The summed E-state index contributed by atoms with van der Waals surface area (Å²) in [6, 6.07) is 11.9. The number of rotatable bonds is 6. The first-order valence-electron chi connectivity index (χ1n) is 7.26. The molecular weight excluding hydrogens is 344 g/mol. The van der Waals surface area contributed by atoms with Crippen molar-refractivity contribution in [3.05, 3.63) is 59.1 Å². The van der Waals surface area contributed by atoms with Crippen molar-refractivity contribution in [2.24, 2.45) is 0 Å². The third-order valence-electron chi connectivity index (χ3n) is 3.55. The summed E-state index contributed by atoms with van der Waals surface area (Å²) in [5, 5.41) is 4.08. The highest BCUT2D eigenvalue weighted by atomic mass is 79.9. The number of carbonyl (C=O) groups is 1. The van der Waals surface area contributed by atoms with E-state index in [1.54, 1.807) is 6.26 Å². The van der Waals surface area contributed by atoms with Crippen molar-refractivity contribution >= 4 is 32.7 Å². The summed E-state index contributed by atoms with van der Waals surface area (Å²) >= 11 is 3.46. The number of fused-ring (bicyclic) bond motifs is 1. The monoisotopic (exact) mass is 360 g/mol. The molecule has 3 rings (SSSR count). The highest BCUT2D eigenvalue weighted by molar-refractivity contribution is 9.10. The summed E-state index contributed by atoms with van der Waals surface area (Å²) in [4.78, 5) is 12.0. The lowest BCUT2D eigenvalue weighted by Gasteiger charge is -2.07. The number of furan rings is 1. The van der Waals surface area contributed by atoms with Crippen molar-refractivity contribution in [2.75, 3.05) is 6.54 Å². The molecule has 0 fully saturated rings. The number of benzene rings is 1. The van der Waals surface area contributed by atoms with Crippen molar-refractivity contribution in [2.45, 2.75) is 19.4 Å². The first-order valence-corrected chi connectivity index (χ1v) is 8.05. The van der Waals surface area contributed by atoms with Gasteiger partial charge in [0, 0.05) is 29.2 Å². The van der Waals surface area contributed by atoms with E-state index in [-0.39, 0.29) is 5.91 Å². The maximum atomic E-state index is 12.0. The fourth-order valence-electron chi connectivity index (χ4n) is 2.45. The van der Waals surface area contributed by atoms with Crippen LogP contribution in [0.15, 0.2) is 57.7 Å². The molecule has 1 amide bonds. The summed E-state index contributed by atoms with van der Waals surface area (Å²) < 4.78 is 8.24. The highest BCUT2D eigenvalue weighted by Gasteiger charge is 2.06. The normalized spacial score (nSPS) is 11.0. The van der Waals surface area contributed by atoms with Crippen LogP contribution in [-0.4, -0.2) is 17.0 Å². The molecule has 0 unspecified atom stereocenters. The van der Waals surface area contributed by atoms with E-state index in [9.17, 15) is 4.79 Å². The van der Waals surface area contributed by atoms with E-state index < -0.39 is 0 Å². The number of nitrogens with one attached hydrogen (secondary N) is 1. The van der Waals surface area contributed by atoms with Gasteiger partial charge in [0.2, 0.25) is 5.91 Å². The molecule has 1 aromatic carbocycles. The predicted octanol–water partition coefficient (Wildman–Crippen LogP) is 3.75. The fraction of sp³-hybridized carbons (Fsp3) is 0.235. The molecule has 0 aliphatic carbocycles. The summed E-state index contributed by atoms with van der Waals surface area (Å²) in [6.45, 7) is 0.989. The maximum Gasteiger partial charge on any atom is 0.239 e. The van der Waals surface area contributed by atoms with Gasteiger partial charge in [0.1, 0.15) is 12.3 Å². The molecule has 0 saturated heterocycles. The number of aryl methyl sites for hydroxylation is 1. The lowest BCUT2D eigenvalue weighted by atomic mass is 10.2. The van der Waals surface area contributed by atoms with Crippen molar-refractivity contribution in [1.82, 2.24) is 9.88 Å². The van der Waals surface area contributed by atoms with E-state index in [2.05, 4.69) is 21.2 Å². The third-order valence-corrected chi connectivity index (χ3v) is 4.05. The number of carbonyl (C=O) groups excluding carboxylic acids is 1. The van der Waals surface area contributed by atoms with Crippen LogP contribution in [0, 0.1) is 0 Å². The zero-order valence-corrected chi connectivity index (χ0v) is 13.7. The molecule has 0 radical (unpaired) electrons. The van der Waals surface area contributed by atoms with Gasteiger partial charge < -0.3 is 14.3 Å². The van der Waals surface area contributed by atoms with E-state index in [0.717, 1.165) is 34.0 Å². The number of nitrogens with zero attached hydrogens (tertiary/aromatic N) is 1. The zero-order valence-electron chi connectivity index (χ0n) is 12.1. The first-order chi connectivity index (χ1) is 10.7. The standard InChI is InChI=1S/C17H17BrN2O2/c18-14-6-5-13-7-9-20(16(13)11-14)12-17(21)19-8-1-3-15-4-2-10-22-15/h2,4-7,9-11H,1,3,8,12H2,(H,19,21). The molecule has 114 valence electrons. The van der Waals surface area contributed by atoms with E-state index in [1.807, 2.05) is 47.2 Å². The number of aromatic nitrogens is 1. The molecule has 2 heterocycles. The van der Waals surface area contributed by atoms with Crippen molar-refractivity contribution in [3.8, 4) is 0 Å². The molecule has 1 N–H and O–H groups in total. The van der Waals surface area contributed by atoms with Gasteiger partial charge in [-0.05, 0) is 42.1 Å². The molecule has 0 bridgehead atoms. The van der Waals surface area contributed by atoms with Gasteiger partial charge in [-0.25, -0.2) is 0 Å². The van der Waals surface area contributed by atoms with Gasteiger partial charge >= 0.3 is 0 Å². The Labute approximate surface area is 137 Å². The van der Waals surface area contributed by atoms with Crippen LogP contribution in [0.25, 0.3) is 10.9 Å². The fourth-order valence-corrected chi connectivity index (χ4v) is 2.80. The van der Waals surface area contributed by atoms with E-state index >= 15 is 0 Å². The zero-order chi connectivity index (χ0) is 15.4. The average Bonchev–Trinajstić information content (AvgIpc) is 3.14. The van der Waals surface area contributed by atoms with Crippen LogP contribution in [-0.2, 0) is 17.8 Å². The van der Waals surface area contributed by atoms with Gasteiger partial charge in [0.05, 0.1) is 6.26 Å². The van der Waals surface area contributed by atoms with Gasteiger partial charge in [-0.2, -0.15) is 0 Å². The third kappa shape index (κ3) is 3.60. The maximum absolute atomic E-state index is 12.0. The van der Waals surface area contributed by atoms with E-state index in [4.69, 9.17) is 4.42 Å². The Morgan fingerprint density at radius 2 is 2.18 bits per heavy atom. The quantitative estimate of drug-likeness (QED) is 0.680. The summed E-state index contributed by atoms with van der Waals surface area (Å²) in [7, 11) is 0. The molecule has 4 nitrogen and oxygen atoms in total. The van der Waals surface area contributed by atoms with Gasteiger partial charge in [-0.1, -0.05) is 22.0 Å². The van der Waals surface area contributed by atoms with E-state index in [0.29, 0.717) is 13.1 Å². The molecule has 5 heteroatoms. The van der Waals surface area contributed by atoms with E-state index in [1.165, 1.54) is 0 Å². The Kier molecular flexibility index (Phi) is 4.63. The number of amides is 1. The van der Waals surface area contributed by atoms with Crippen LogP contribution in [0.4, 0.5) is 0 Å². The molecule has 0 aliphatic heterocycles. The summed E-state index contributed by atoms with van der Waals surface area (Å²) in [5.41, 5.74) is 1.06. The second kappa shape index (κ2) is 6.83. The number of hydrogen-bond acceptors (Lipinski definition) is 2. The van der Waals surface area contributed by atoms with Crippen LogP contribution in [0.2, 0.25) is 0 Å². The van der Waals surface area contributed by atoms with Gasteiger partial charge in [-0.15, -0.1) is 0 Å². The highest BCUT2D eigenvalue weighted by Crippen LogP contribution is 2.20. The molecule has 3 aromatic rings. The Hall–Kier alpha value is -2.01. The van der Waals surface area contributed by atoms with Crippen LogP contribution < -0.4 is 5.32 Å². The van der Waals surface area contributed by atoms with Crippen molar-refractivity contribution in [1.29, 1.82) is 0 Å². The van der Waals surface area contributed by atoms with Crippen LogP contribution >= 0.6 is 15.9 Å². The first kappa shape index (κ1) is 14.9.